The first-order chi connectivity index (χ1) is 9.76. The quantitative estimate of drug-likeness (QED) is 0.532. The molecule has 0 amide bonds. The highest BCUT2D eigenvalue weighted by Gasteiger charge is 2.34. The van der Waals surface area contributed by atoms with Crippen molar-refractivity contribution in [3.63, 3.8) is 0 Å². The van der Waals surface area contributed by atoms with Crippen LogP contribution in [0.5, 0.6) is 0 Å². The van der Waals surface area contributed by atoms with Crippen molar-refractivity contribution in [2.45, 2.75) is 78.6 Å². The fourth-order valence-electron chi connectivity index (χ4n) is 3.55. The first kappa shape index (κ1) is 18.0. The van der Waals surface area contributed by atoms with Gasteiger partial charge in [-0.25, -0.2) is 0 Å². The lowest BCUT2D eigenvalue weighted by atomic mass is 9.85. The highest BCUT2D eigenvalue weighted by Crippen LogP contribution is 2.38. The zero-order chi connectivity index (χ0) is 14.7. The first-order valence-corrected chi connectivity index (χ1v) is 9.19. The molecule has 1 aliphatic rings. The molecule has 0 bridgehead atoms. The van der Waals surface area contributed by atoms with Gasteiger partial charge in [0.25, 0.3) is 0 Å². The maximum Gasteiger partial charge on any atom is 0.00501 e. The lowest BCUT2D eigenvalue weighted by Gasteiger charge is -2.36. The third-order valence-electron chi connectivity index (χ3n) is 4.81. The molecule has 0 saturated heterocycles. The summed E-state index contributed by atoms with van der Waals surface area (Å²) in [5.41, 5.74) is 0.580. The molecule has 0 radical (unpaired) electrons. The maximum atomic E-state index is 3.71. The van der Waals surface area contributed by atoms with Crippen molar-refractivity contribution in [3.05, 3.63) is 0 Å². The van der Waals surface area contributed by atoms with Crippen molar-refractivity contribution < 1.29 is 0 Å². The fraction of sp³-hybridized carbons (Fsp3) is 1.00. The second kappa shape index (κ2) is 10.6. The van der Waals surface area contributed by atoms with Gasteiger partial charge in [-0.15, -0.1) is 0 Å². The van der Waals surface area contributed by atoms with Crippen LogP contribution in [0.25, 0.3) is 0 Å². The van der Waals surface area contributed by atoms with Crippen molar-refractivity contribution in [1.82, 2.24) is 10.2 Å². The summed E-state index contributed by atoms with van der Waals surface area (Å²) in [6.45, 7) is 13.3. The maximum absolute atomic E-state index is 3.71. The van der Waals surface area contributed by atoms with Crippen molar-refractivity contribution in [2.75, 3.05) is 32.7 Å². The van der Waals surface area contributed by atoms with Crippen LogP contribution in [0.3, 0.4) is 0 Å². The molecule has 20 heavy (non-hydrogen) atoms. The molecule has 2 heteroatoms. The van der Waals surface area contributed by atoms with Gasteiger partial charge in [0.15, 0.2) is 0 Å². The van der Waals surface area contributed by atoms with Crippen LogP contribution < -0.4 is 5.32 Å². The molecular formula is C18H38N2. The lowest BCUT2D eigenvalue weighted by molar-refractivity contribution is 0.145. The topological polar surface area (TPSA) is 15.3 Å². The monoisotopic (exact) mass is 282 g/mol. The molecule has 120 valence electrons. The van der Waals surface area contributed by atoms with E-state index in [1.165, 1.54) is 90.5 Å². The Kier molecular flexibility index (Phi) is 9.54. The fourth-order valence-corrected chi connectivity index (χ4v) is 3.55. The molecule has 0 aromatic heterocycles. The minimum absolute atomic E-state index is 0.580. The Labute approximate surface area is 127 Å². The Balaban J connectivity index is 2.49. The van der Waals surface area contributed by atoms with E-state index < -0.39 is 0 Å². The van der Waals surface area contributed by atoms with Gasteiger partial charge < -0.3 is 10.2 Å². The number of hydrogen-bond acceptors (Lipinski definition) is 2. The van der Waals surface area contributed by atoms with E-state index in [-0.39, 0.29) is 0 Å². The van der Waals surface area contributed by atoms with Crippen molar-refractivity contribution >= 4 is 0 Å². The predicted molar refractivity (Wildman–Crippen MR) is 90.3 cm³/mol. The highest BCUT2D eigenvalue weighted by atomic mass is 15.1. The lowest BCUT2D eigenvalue weighted by Crippen LogP contribution is -2.43. The highest BCUT2D eigenvalue weighted by molar-refractivity contribution is 4.89. The summed E-state index contributed by atoms with van der Waals surface area (Å²) in [6.07, 6.45) is 12.4. The summed E-state index contributed by atoms with van der Waals surface area (Å²) < 4.78 is 0. The van der Waals surface area contributed by atoms with E-state index in [2.05, 4.69) is 31.0 Å². The summed E-state index contributed by atoms with van der Waals surface area (Å²) in [6, 6.07) is 0. The molecule has 0 spiro atoms. The normalized spacial score (nSPS) is 18.0. The summed E-state index contributed by atoms with van der Waals surface area (Å²) in [4.78, 5) is 2.77. The van der Waals surface area contributed by atoms with Crippen LogP contribution in [-0.2, 0) is 0 Å². The third-order valence-corrected chi connectivity index (χ3v) is 4.81. The van der Waals surface area contributed by atoms with Gasteiger partial charge in [0.2, 0.25) is 0 Å². The molecule has 0 atom stereocenters. The molecule has 0 heterocycles. The molecule has 1 aliphatic carbocycles. The largest absolute Gasteiger partial charge is 0.316 e. The first-order valence-electron chi connectivity index (χ1n) is 9.19. The van der Waals surface area contributed by atoms with E-state index in [1.54, 1.807) is 0 Å². The molecular weight excluding hydrogens is 244 g/mol. The number of hydrogen-bond donors (Lipinski definition) is 1. The third kappa shape index (κ3) is 6.58. The van der Waals surface area contributed by atoms with Gasteiger partial charge in [-0.3, -0.25) is 0 Å². The van der Waals surface area contributed by atoms with Crippen LogP contribution in [0, 0.1) is 5.41 Å². The van der Waals surface area contributed by atoms with Crippen molar-refractivity contribution in [3.8, 4) is 0 Å². The molecule has 2 nitrogen and oxygen atoms in total. The number of unbranched alkanes of at least 4 members (excludes halogenated alkanes) is 2. The van der Waals surface area contributed by atoms with Gasteiger partial charge in [0.1, 0.15) is 0 Å². The summed E-state index contributed by atoms with van der Waals surface area (Å²) >= 11 is 0. The van der Waals surface area contributed by atoms with Crippen molar-refractivity contribution in [1.29, 1.82) is 0 Å². The molecule has 1 N–H and O–H groups in total. The molecule has 0 aromatic carbocycles. The molecule has 0 aromatic rings. The van der Waals surface area contributed by atoms with Crippen LogP contribution >= 0.6 is 0 Å². The van der Waals surface area contributed by atoms with Crippen LogP contribution in [0.4, 0.5) is 0 Å². The van der Waals surface area contributed by atoms with Crippen molar-refractivity contribution in [2.24, 2.45) is 5.41 Å². The van der Waals surface area contributed by atoms with Gasteiger partial charge in [0.05, 0.1) is 0 Å². The minimum atomic E-state index is 0.580. The summed E-state index contributed by atoms with van der Waals surface area (Å²) in [7, 11) is 0. The van der Waals surface area contributed by atoms with Crippen LogP contribution in [0.1, 0.15) is 78.6 Å². The Morgan fingerprint density at radius 3 is 2.00 bits per heavy atom. The molecule has 0 unspecified atom stereocenters. The molecule has 1 fully saturated rings. The van der Waals surface area contributed by atoms with Gasteiger partial charge in [-0.2, -0.15) is 0 Å². The number of nitrogens with zero attached hydrogens (tertiary/aromatic N) is 1. The second-order valence-corrected chi connectivity index (χ2v) is 6.87. The van der Waals surface area contributed by atoms with Gasteiger partial charge in [-0.1, -0.05) is 46.5 Å². The molecule has 1 saturated carbocycles. The van der Waals surface area contributed by atoms with Gasteiger partial charge >= 0.3 is 0 Å². The molecule has 0 aliphatic heterocycles. The van der Waals surface area contributed by atoms with E-state index in [9.17, 15) is 0 Å². The van der Waals surface area contributed by atoms with E-state index in [0.717, 1.165) is 0 Å². The zero-order valence-electron chi connectivity index (χ0n) is 14.3. The van der Waals surface area contributed by atoms with Crippen LogP contribution in [0.15, 0.2) is 0 Å². The van der Waals surface area contributed by atoms with E-state index in [1.807, 2.05) is 0 Å². The van der Waals surface area contributed by atoms with Gasteiger partial charge in [0, 0.05) is 13.1 Å². The Hall–Kier alpha value is -0.0800. The van der Waals surface area contributed by atoms with Gasteiger partial charge in [-0.05, 0) is 57.2 Å². The predicted octanol–water partition coefficient (Wildman–Crippen LogP) is 4.45. The number of nitrogens with one attached hydrogen (secondary N) is 1. The van der Waals surface area contributed by atoms with E-state index in [0.29, 0.717) is 5.41 Å². The SMILES string of the molecule is CCCCN(CCCC)CC1(CNCCC)CCCC1. The van der Waals surface area contributed by atoms with E-state index in [4.69, 9.17) is 0 Å². The summed E-state index contributed by atoms with van der Waals surface area (Å²) in [5.74, 6) is 0. The average molecular weight is 283 g/mol. The number of rotatable bonds is 12. The Morgan fingerprint density at radius 2 is 1.50 bits per heavy atom. The standard InChI is InChI=1S/C18H38N2/c1-4-7-14-20(15-8-5-2)17-18(11-9-10-12-18)16-19-13-6-3/h19H,4-17H2,1-3H3. The Morgan fingerprint density at radius 1 is 0.900 bits per heavy atom. The average Bonchev–Trinajstić information content (AvgIpc) is 2.91. The second-order valence-electron chi connectivity index (χ2n) is 6.87. The minimum Gasteiger partial charge on any atom is -0.316 e. The van der Waals surface area contributed by atoms with E-state index >= 15 is 0 Å². The summed E-state index contributed by atoms with van der Waals surface area (Å²) in [5, 5.41) is 3.71. The zero-order valence-corrected chi connectivity index (χ0v) is 14.3. The Bertz CT molecular complexity index is 213. The van der Waals surface area contributed by atoms with Crippen LogP contribution in [-0.4, -0.2) is 37.6 Å². The van der Waals surface area contributed by atoms with Crippen LogP contribution in [0.2, 0.25) is 0 Å². The smallest absolute Gasteiger partial charge is 0.00501 e. The molecule has 1 rings (SSSR count).